The third-order valence-corrected chi connectivity index (χ3v) is 6.99. The number of hydrogen-bond donors (Lipinski definition) is 0. The van der Waals surface area contributed by atoms with Gasteiger partial charge in [0.05, 0.1) is 30.9 Å². The molecule has 1 amide bonds. The number of benzene rings is 2. The minimum absolute atomic E-state index is 0.0458. The maximum absolute atomic E-state index is 13.4. The summed E-state index contributed by atoms with van der Waals surface area (Å²) >= 11 is 1.55. The molecule has 0 aliphatic carbocycles. The molecule has 0 N–H and O–H groups in total. The van der Waals surface area contributed by atoms with Gasteiger partial charge in [0.1, 0.15) is 11.3 Å². The molecule has 0 spiro atoms. The van der Waals surface area contributed by atoms with Gasteiger partial charge in [0.2, 0.25) is 5.91 Å². The molecular weight excluding hydrogens is 396 g/mol. The summed E-state index contributed by atoms with van der Waals surface area (Å²) in [6.07, 6.45) is 2.42. The van der Waals surface area contributed by atoms with Crippen molar-refractivity contribution in [2.75, 3.05) is 25.2 Å². The molecule has 4 rings (SSSR count). The number of methoxy groups -OCH3 is 1. The zero-order valence-corrected chi connectivity index (χ0v) is 18.8. The van der Waals surface area contributed by atoms with Crippen LogP contribution in [0.2, 0.25) is 0 Å². The Morgan fingerprint density at radius 2 is 2.00 bits per heavy atom. The number of anilines is 1. The first-order valence-electron chi connectivity index (χ1n) is 10.4. The van der Waals surface area contributed by atoms with Crippen LogP contribution in [0, 0.1) is 20.8 Å². The topological polar surface area (TPSA) is 51.7 Å². The van der Waals surface area contributed by atoms with E-state index in [1.165, 1.54) is 11.1 Å². The highest BCUT2D eigenvalue weighted by molar-refractivity contribution is 7.22. The van der Waals surface area contributed by atoms with E-state index >= 15 is 0 Å². The van der Waals surface area contributed by atoms with Gasteiger partial charge in [0, 0.05) is 6.61 Å². The normalized spacial score (nSPS) is 16.2. The highest BCUT2D eigenvalue weighted by Gasteiger charge is 2.27. The van der Waals surface area contributed by atoms with Crippen LogP contribution in [0.15, 0.2) is 30.3 Å². The van der Waals surface area contributed by atoms with Gasteiger partial charge >= 0.3 is 0 Å². The van der Waals surface area contributed by atoms with Gasteiger partial charge in [-0.2, -0.15) is 0 Å². The summed E-state index contributed by atoms with van der Waals surface area (Å²) < 4.78 is 12.4. The van der Waals surface area contributed by atoms with Gasteiger partial charge in [-0.1, -0.05) is 35.6 Å². The standard InChI is InChI=1S/C24H28N2O3S/c1-15-7-9-18(12-17(15)3)13-21(27)26(14-19-6-5-11-29-19)24-25-22-20(28-4)10-8-16(2)23(22)30-24/h7-10,12,19H,5-6,11,13-14H2,1-4H3. The molecule has 1 aliphatic rings. The minimum Gasteiger partial charge on any atom is -0.494 e. The first kappa shape index (κ1) is 20.8. The fourth-order valence-corrected chi connectivity index (χ4v) is 4.92. The second-order valence-corrected chi connectivity index (χ2v) is 8.97. The van der Waals surface area contributed by atoms with Crippen LogP contribution in [0.4, 0.5) is 5.13 Å². The van der Waals surface area contributed by atoms with Crippen LogP contribution in [-0.2, 0) is 16.0 Å². The Hall–Kier alpha value is -2.44. The second kappa shape index (κ2) is 8.74. The fourth-order valence-electron chi connectivity index (χ4n) is 3.84. The smallest absolute Gasteiger partial charge is 0.233 e. The molecule has 5 nitrogen and oxygen atoms in total. The number of rotatable bonds is 6. The molecule has 2 heterocycles. The summed E-state index contributed by atoms with van der Waals surface area (Å²) in [6.45, 7) is 7.52. The molecule has 0 bridgehead atoms. The number of thiazole rings is 1. The predicted octanol–water partition coefficient (Wildman–Crippen LogP) is 4.98. The molecule has 1 aliphatic heterocycles. The highest BCUT2D eigenvalue weighted by Crippen LogP contribution is 2.37. The maximum Gasteiger partial charge on any atom is 0.233 e. The van der Waals surface area contributed by atoms with Crippen LogP contribution in [-0.4, -0.2) is 37.3 Å². The van der Waals surface area contributed by atoms with E-state index in [-0.39, 0.29) is 12.0 Å². The van der Waals surface area contributed by atoms with Gasteiger partial charge in [-0.25, -0.2) is 4.98 Å². The molecule has 30 heavy (non-hydrogen) atoms. The van der Waals surface area contributed by atoms with Crippen molar-refractivity contribution in [3.63, 3.8) is 0 Å². The van der Waals surface area contributed by atoms with E-state index in [1.54, 1.807) is 18.4 Å². The largest absolute Gasteiger partial charge is 0.494 e. The number of carbonyl (C=O) groups excluding carboxylic acids is 1. The molecule has 158 valence electrons. The van der Waals surface area contributed by atoms with Crippen molar-refractivity contribution in [3.8, 4) is 5.75 Å². The first-order chi connectivity index (χ1) is 14.5. The van der Waals surface area contributed by atoms with E-state index in [9.17, 15) is 4.79 Å². The Morgan fingerprint density at radius 1 is 1.20 bits per heavy atom. The number of fused-ring (bicyclic) bond motifs is 1. The van der Waals surface area contributed by atoms with Gasteiger partial charge in [0.25, 0.3) is 0 Å². The third kappa shape index (κ3) is 4.20. The van der Waals surface area contributed by atoms with Crippen LogP contribution in [0.1, 0.15) is 35.1 Å². The van der Waals surface area contributed by atoms with Crippen molar-refractivity contribution in [3.05, 3.63) is 52.6 Å². The number of nitrogens with zero attached hydrogens (tertiary/aromatic N) is 2. The molecule has 3 aromatic rings. The minimum atomic E-state index is 0.0458. The van der Waals surface area contributed by atoms with Gasteiger partial charge in [-0.3, -0.25) is 9.69 Å². The van der Waals surface area contributed by atoms with Gasteiger partial charge in [-0.15, -0.1) is 0 Å². The molecule has 0 radical (unpaired) electrons. The van der Waals surface area contributed by atoms with E-state index in [0.717, 1.165) is 46.5 Å². The lowest BCUT2D eigenvalue weighted by Gasteiger charge is -2.23. The predicted molar refractivity (Wildman–Crippen MR) is 122 cm³/mol. The monoisotopic (exact) mass is 424 g/mol. The van der Waals surface area contributed by atoms with E-state index in [0.29, 0.717) is 18.1 Å². The van der Waals surface area contributed by atoms with Crippen molar-refractivity contribution in [2.45, 2.75) is 46.1 Å². The summed E-state index contributed by atoms with van der Waals surface area (Å²) in [7, 11) is 1.65. The molecule has 6 heteroatoms. The maximum atomic E-state index is 13.4. The van der Waals surface area contributed by atoms with E-state index in [2.05, 4.69) is 32.9 Å². The molecule has 2 aromatic carbocycles. The molecule has 1 aromatic heterocycles. The van der Waals surface area contributed by atoms with Crippen molar-refractivity contribution in [1.82, 2.24) is 4.98 Å². The SMILES string of the molecule is COc1ccc(C)c2sc(N(CC3CCCO3)C(=O)Cc3ccc(C)c(C)c3)nc12. The van der Waals surface area contributed by atoms with Crippen LogP contribution in [0.3, 0.4) is 0 Å². The Morgan fingerprint density at radius 3 is 2.70 bits per heavy atom. The number of aromatic nitrogens is 1. The third-order valence-electron chi connectivity index (χ3n) is 5.78. The average Bonchev–Trinajstić information content (AvgIpc) is 3.39. The molecule has 1 fully saturated rings. The van der Waals surface area contributed by atoms with E-state index in [4.69, 9.17) is 14.5 Å². The first-order valence-corrected chi connectivity index (χ1v) is 11.2. The van der Waals surface area contributed by atoms with Gasteiger partial charge < -0.3 is 9.47 Å². The number of amides is 1. The Labute approximate surface area is 181 Å². The molecule has 1 unspecified atom stereocenters. The average molecular weight is 425 g/mol. The van der Waals surface area contributed by atoms with Crippen molar-refractivity contribution in [1.29, 1.82) is 0 Å². The lowest BCUT2D eigenvalue weighted by Crippen LogP contribution is -2.38. The van der Waals surface area contributed by atoms with E-state index in [1.807, 2.05) is 23.1 Å². The van der Waals surface area contributed by atoms with Crippen molar-refractivity contribution in [2.24, 2.45) is 0 Å². The summed E-state index contributed by atoms with van der Waals surface area (Å²) in [6, 6.07) is 10.2. The molecule has 1 atom stereocenters. The van der Waals surface area contributed by atoms with Gasteiger partial charge in [-0.05, 0) is 61.9 Å². The molecular formula is C24H28N2O3S. The summed E-state index contributed by atoms with van der Waals surface area (Å²) in [5.74, 6) is 0.779. The summed E-state index contributed by atoms with van der Waals surface area (Å²) in [4.78, 5) is 20.1. The van der Waals surface area contributed by atoms with Crippen LogP contribution in [0.25, 0.3) is 10.2 Å². The van der Waals surface area contributed by atoms with Crippen molar-refractivity contribution >= 4 is 32.6 Å². The Balaban J connectivity index is 1.68. The Bertz CT molecular complexity index is 1070. The number of ether oxygens (including phenoxy) is 2. The van der Waals surface area contributed by atoms with Crippen LogP contribution < -0.4 is 9.64 Å². The number of aryl methyl sites for hydroxylation is 3. The molecule has 1 saturated heterocycles. The zero-order chi connectivity index (χ0) is 21.3. The van der Waals surface area contributed by atoms with Gasteiger partial charge in [0.15, 0.2) is 5.13 Å². The lowest BCUT2D eigenvalue weighted by atomic mass is 10.0. The summed E-state index contributed by atoms with van der Waals surface area (Å²) in [5.41, 5.74) is 5.40. The lowest BCUT2D eigenvalue weighted by molar-refractivity contribution is -0.118. The van der Waals surface area contributed by atoms with E-state index < -0.39 is 0 Å². The van der Waals surface area contributed by atoms with Crippen LogP contribution in [0.5, 0.6) is 5.75 Å². The Kier molecular flexibility index (Phi) is 6.06. The zero-order valence-electron chi connectivity index (χ0n) is 18.0. The number of carbonyl (C=O) groups is 1. The highest BCUT2D eigenvalue weighted by atomic mass is 32.1. The van der Waals surface area contributed by atoms with Crippen LogP contribution >= 0.6 is 11.3 Å². The fraction of sp³-hybridized carbons (Fsp3) is 0.417. The van der Waals surface area contributed by atoms with Crippen molar-refractivity contribution < 1.29 is 14.3 Å². The second-order valence-electron chi connectivity index (χ2n) is 7.99. The molecule has 0 saturated carbocycles. The summed E-state index contributed by atoms with van der Waals surface area (Å²) in [5, 5.41) is 0.710. The quantitative estimate of drug-likeness (QED) is 0.560. The number of hydrogen-bond acceptors (Lipinski definition) is 5.